The van der Waals surface area contributed by atoms with E-state index in [1.807, 2.05) is 32.9 Å². The molecule has 6 heteroatoms. The molecule has 0 radical (unpaired) electrons. The molecule has 6 nitrogen and oxygen atoms in total. The van der Waals surface area contributed by atoms with Crippen LogP contribution in [0.1, 0.15) is 40.1 Å². The van der Waals surface area contributed by atoms with Crippen molar-refractivity contribution in [2.75, 3.05) is 5.32 Å². The summed E-state index contributed by atoms with van der Waals surface area (Å²) in [4.78, 5) is 36.4. The third kappa shape index (κ3) is 4.69. The van der Waals surface area contributed by atoms with Gasteiger partial charge >= 0.3 is 0 Å². The molecule has 1 atom stereocenters. The summed E-state index contributed by atoms with van der Waals surface area (Å²) in [5.41, 5.74) is 7.37. The zero-order valence-corrected chi connectivity index (χ0v) is 15.1. The molecule has 0 fully saturated rings. The summed E-state index contributed by atoms with van der Waals surface area (Å²) in [6.07, 6.45) is 0. The fourth-order valence-corrected chi connectivity index (χ4v) is 2.55. The first kappa shape index (κ1) is 19.2. The lowest BCUT2D eigenvalue weighted by Crippen LogP contribution is -2.47. The van der Waals surface area contributed by atoms with Crippen LogP contribution in [0.2, 0.25) is 0 Å². The fraction of sp³-hybridized carbons (Fsp3) is 0.250. The van der Waals surface area contributed by atoms with Crippen LogP contribution in [-0.4, -0.2) is 23.8 Å². The second-order valence-electron chi connectivity index (χ2n) is 6.44. The van der Waals surface area contributed by atoms with E-state index in [4.69, 9.17) is 5.73 Å². The van der Waals surface area contributed by atoms with Crippen molar-refractivity contribution < 1.29 is 14.4 Å². The van der Waals surface area contributed by atoms with Crippen LogP contribution in [-0.2, 0) is 4.79 Å². The maximum Gasteiger partial charge on any atom is 0.252 e. The minimum Gasteiger partial charge on any atom is -0.366 e. The van der Waals surface area contributed by atoms with Gasteiger partial charge in [0.2, 0.25) is 11.8 Å². The van der Waals surface area contributed by atoms with E-state index in [2.05, 4.69) is 10.6 Å². The van der Waals surface area contributed by atoms with Gasteiger partial charge in [0.05, 0.1) is 0 Å². The van der Waals surface area contributed by atoms with Crippen LogP contribution in [0.15, 0.2) is 48.5 Å². The van der Waals surface area contributed by atoms with Crippen molar-refractivity contribution in [3.8, 4) is 0 Å². The third-order valence-corrected chi connectivity index (χ3v) is 4.04. The van der Waals surface area contributed by atoms with Crippen molar-refractivity contribution in [1.82, 2.24) is 5.32 Å². The van der Waals surface area contributed by atoms with E-state index in [1.54, 1.807) is 30.3 Å². The minimum absolute atomic E-state index is 0.123. The molecule has 0 aliphatic carbocycles. The summed E-state index contributed by atoms with van der Waals surface area (Å²) in [5.74, 6) is -1.36. The number of anilines is 1. The lowest BCUT2D eigenvalue weighted by molar-refractivity contribution is -0.118. The van der Waals surface area contributed by atoms with Gasteiger partial charge in [-0.1, -0.05) is 38.1 Å². The molecular weight excluding hydrogens is 330 g/mol. The molecule has 0 saturated carbocycles. The Morgan fingerprint density at radius 1 is 1.00 bits per heavy atom. The summed E-state index contributed by atoms with van der Waals surface area (Å²) in [5, 5.41) is 5.52. The second kappa shape index (κ2) is 8.29. The molecule has 2 rings (SSSR count). The molecule has 2 aromatic carbocycles. The van der Waals surface area contributed by atoms with Gasteiger partial charge in [-0.3, -0.25) is 14.4 Å². The Balaban J connectivity index is 2.15. The maximum absolute atomic E-state index is 12.6. The van der Waals surface area contributed by atoms with Crippen molar-refractivity contribution in [2.24, 2.45) is 11.7 Å². The van der Waals surface area contributed by atoms with Crippen LogP contribution in [0, 0.1) is 12.8 Å². The molecule has 4 N–H and O–H groups in total. The summed E-state index contributed by atoms with van der Waals surface area (Å²) < 4.78 is 0. The molecule has 2 aromatic rings. The second-order valence-corrected chi connectivity index (χ2v) is 6.44. The topological polar surface area (TPSA) is 101 Å². The molecule has 26 heavy (non-hydrogen) atoms. The van der Waals surface area contributed by atoms with Crippen LogP contribution in [0.5, 0.6) is 0 Å². The van der Waals surface area contributed by atoms with Gasteiger partial charge in [0.1, 0.15) is 6.04 Å². The van der Waals surface area contributed by atoms with Crippen LogP contribution in [0.4, 0.5) is 5.69 Å². The van der Waals surface area contributed by atoms with Gasteiger partial charge in [0, 0.05) is 16.8 Å². The number of hydrogen-bond donors (Lipinski definition) is 3. The number of carbonyl (C=O) groups is 3. The zero-order valence-electron chi connectivity index (χ0n) is 15.1. The summed E-state index contributed by atoms with van der Waals surface area (Å²) >= 11 is 0. The largest absolute Gasteiger partial charge is 0.366 e. The van der Waals surface area contributed by atoms with Gasteiger partial charge in [-0.2, -0.15) is 0 Å². The Morgan fingerprint density at radius 3 is 2.31 bits per heavy atom. The Hall–Kier alpha value is -3.15. The highest BCUT2D eigenvalue weighted by atomic mass is 16.2. The van der Waals surface area contributed by atoms with Gasteiger partial charge in [-0.25, -0.2) is 0 Å². The SMILES string of the molecule is Cc1ccccc1C(=O)N[C@@H](C(=O)Nc1cccc(C(N)=O)c1)C(C)C. The van der Waals surface area contributed by atoms with Crippen LogP contribution in [0.3, 0.4) is 0 Å². The number of primary amides is 1. The van der Waals surface area contributed by atoms with E-state index in [9.17, 15) is 14.4 Å². The number of carbonyl (C=O) groups excluding carboxylic acids is 3. The smallest absolute Gasteiger partial charge is 0.252 e. The van der Waals surface area contributed by atoms with E-state index in [1.165, 1.54) is 6.07 Å². The highest BCUT2D eigenvalue weighted by molar-refractivity contribution is 6.02. The number of nitrogens with one attached hydrogen (secondary N) is 2. The van der Waals surface area contributed by atoms with Gasteiger partial charge in [-0.15, -0.1) is 0 Å². The average molecular weight is 353 g/mol. The number of amides is 3. The van der Waals surface area contributed by atoms with E-state index in [0.717, 1.165) is 5.56 Å². The minimum atomic E-state index is -0.723. The number of benzene rings is 2. The maximum atomic E-state index is 12.6. The van der Waals surface area contributed by atoms with E-state index in [0.29, 0.717) is 16.8 Å². The molecule has 0 saturated heterocycles. The lowest BCUT2D eigenvalue weighted by atomic mass is 10.0. The first-order valence-electron chi connectivity index (χ1n) is 8.37. The van der Waals surface area contributed by atoms with Crippen molar-refractivity contribution in [1.29, 1.82) is 0 Å². The number of nitrogens with two attached hydrogens (primary N) is 1. The van der Waals surface area contributed by atoms with E-state index >= 15 is 0 Å². The van der Waals surface area contributed by atoms with Crippen molar-refractivity contribution in [3.05, 3.63) is 65.2 Å². The molecule has 0 aliphatic heterocycles. The molecule has 0 heterocycles. The quantitative estimate of drug-likeness (QED) is 0.743. The van der Waals surface area contributed by atoms with Crippen molar-refractivity contribution in [2.45, 2.75) is 26.8 Å². The number of hydrogen-bond acceptors (Lipinski definition) is 3. The van der Waals surface area contributed by atoms with Crippen molar-refractivity contribution in [3.63, 3.8) is 0 Å². The Bertz CT molecular complexity index is 831. The molecule has 136 valence electrons. The van der Waals surface area contributed by atoms with E-state index < -0.39 is 11.9 Å². The van der Waals surface area contributed by atoms with Gasteiger partial charge < -0.3 is 16.4 Å². The summed E-state index contributed by atoms with van der Waals surface area (Å²) in [6, 6.07) is 12.8. The zero-order chi connectivity index (χ0) is 19.3. The van der Waals surface area contributed by atoms with Gasteiger partial charge in [0.15, 0.2) is 0 Å². The molecule has 0 spiro atoms. The molecular formula is C20H23N3O3. The Labute approximate surface area is 152 Å². The molecule has 0 aliphatic rings. The monoisotopic (exact) mass is 353 g/mol. The predicted molar refractivity (Wildman–Crippen MR) is 101 cm³/mol. The molecule has 0 bridgehead atoms. The van der Waals surface area contributed by atoms with Gasteiger partial charge in [0.25, 0.3) is 5.91 Å². The first-order valence-corrected chi connectivity index (χ1v) is 8.37. The van der Waals surface area contributed by atoms with Crippen molar-refractivity contribution >= 4 is 23.4 Å². The predicted octanol–water partition coefficient (Wildman–Crippen LogP) is 2.49. The standard InChI is InChI=1S/C20H23N3O3/c1-12(2)17(23-19(25)16-10-5-4-7-13(16)3)20(26)22-15-9-6-8-14(11-15)18(21)24/h4-12,17H,1-3H3,(H2,21,24)(H,22,26)(H,23,25)/t17-/m1/s1. The third-order valence-electron chi connectivity index (χ3n) is 4.04. The van der Waals surface area contributed by atoms with Crippen LogP contribution >= 0.6 is 0 Å². The number of aryl methyl sites for hydroxylation is 1. The van der Waals surface area contributed by atoms with Crippen LogP contribution in [0.25, 0.3) is 0 Å². The summed E-state index contributed by atoms with van der Waals surface area (Å²) in [6.45, 7) is 5.54. The van der Waals surface area contributed by atoms with Gasteiger partial charge in [-0.05, 0) is 42.7 Å². The van der Waals surface area contributed by atoms with Crippen LogP contribution < -0.4 is 16.4 Å². The summed E-state index contributed by atoms with van der Waals surface area (Å²) in [7, 11) is 0. The average Bonchev–Trinajstić information content (AvgIpc) is 2.59. The number of rotatable bonds is 6. The Morgan fingerprint density at radius 2 is 1.69 bits per heavy atom. The molecule has 0 aromatic heterocycles. The van der Waals surface area contributed by atoms with E-state index in [-0.39, 0.29) is 17.7 Å². The highest BCUT2D eigenvalue weighted by Gasteiger charge is 2.25. The first-order chi connectivity index (χ1) is 12.3. The fourth-order valence-electron chi connectivity index (χ4n) is 2.55. The highest BCUT2D eigenvalue weighted by Crippen LogP contribution is 2.14. The lowest BCUT2D eigenvalue weighted by Gasteiger charge is -2.22. The Kier molecular flexibility index (Phi) is 6.11. The molecule has 3 amide bonds. The molecule has 0 unspecified atom stereocenters. The normalized spacial score (nSPS) is 11.7.